The van der Waals surface area contributed by atoms with Crippen LogP contribution in [0.5, 0.6) is 0 Å². The first kappa shape index (κ1) is 19.2. The molecule has 1 amide bonds. The fraction of sp³-hybridized carbons (Fsp3) is 0.316. The topological polar surface area (TPSA) is 71.3 Å². The number of nitrogens with zero attached hydrogens (tertiary/aromatic N) is 3. The van der Waals surface area contributed by atoms with Gasteiger partial charge in [0.2, 0.25) is 11.8 Å². The maximum atomic E-state index is 13.9. The van der Waals surface area contributed by atoms with Crippen LogP contribution in [0.15, 0.2) is 40.1 Å². The second kappa shape index (κ2) is 8.88. The second-order valence-corrected chi connectivity index (χ2v) is 7.17. The Morgan fingerprint density at radius 3 is 2.89 bits per heavy atom. The number of nitrogens with one attached hydrogen (secondary N) is 1. The molecule has 3 rings (SSSR count). The lowest BCUT2D eigenvalue weighted by Gasteiger charge is -2.19. The van der Waals surface area contributed by atoms with E-state index in [1.807, 2.05) is 29.3 Å². The van der Waals surface area contributed by atoms with Crippen molar-refractivity contribution in [2.24, 2.45) is 0 Å². The molecule has 2 aromatic heterocycles. The van der Waals surface area contributed by atoms with Crippen LogP contribution in [0.2, 0.25) is 0 Å². The van der Waals surface area contributed by atoms with Crippen molar-refractivity contribution in [1.82, 2.24) is 15.1 Å². The highest BCUT2D eigenvalue weighted by Gasteiger charge is 2.16. The summed E-state index contributed by atoms with van der Waals surface area (Å²) in [5.41, 5.74) is 0.982. The number of hydrogen-bond acceptors (Lipinski definition) is 6. The molecule has 0 spiro atoms. The van der Waals surface area contributed by atoms with Gasteiger partial charge in [0.1, 0.15) is 5.82 Å². The summed E-state index contributed by atoms with van der Waals surface area (Å²) in [5, 5.41) is 12.7. The molecular weight excluding hydrogens is 367 g/mol. The average molecular weight is 388 g/mol. The maximum absolute atomic E-state index is 13.9. The van der Waals surface area contributed by atoms with Gasteiger partial charge in [0.05, 0.1) is 23.7 Å². The standard InChI is InChI=1S/C19H21FN4O2S/c1-3-8-24(11-17(25)21-15-7-6-13(2)10-14(15)20)12-18-22-23-19(26-18)16-5-4-9-27-16/h4-7,9-10H,3,8,11-12H2,1-2H3,(H,21,25). The summed E-state index contributed by atoms with van der Waals surface area (Å²) in [6.07, 6.45) is 0.859. The number of benzene rings is 1. The molecule has 0 aliphatic rings. The van der Waals surface area contributed by atoms with E-state index in [0.717, 1.165) is 16.9 Å². The van der Waals surface area contributed by atoms with Crippen molar-refractivity contribution >= 4 is 22.9 Å². The van der Waals surface area contributed by atoms with Crippen LogP contribution in [0.3, 0.4) is 0 Å². The largest absolute Gasteiger partial charge is 0.419 e. The van der Waals surface area contributed by atoms with E-state index in [9.17, 15) is 9.18 Å². The normalized spacial score (nSPS) is 11.1. The van der Waals surface area contributed by atoms with E-state index in [0.29, 0.717) is 24.9 Å². The summed E-state index contributed by atoms with van der Waals surface area (Å²) in [6, 6.07) is 8.55. The molecule has 3 aromatic rings. The molecule has 1 aromatic carbocycles. The number of carbonyl (C=O) groups is 1. The highest BCUT2D eigenvalue weighted by Crippen LogP contribution is 2.23. The number of hydrogen-bond donors (Lipinski definition) is 1. The first-order valence-corrected chi connectivity index (χ1v) is 9.57. The molecule has 6 nitrogen and oxygen atoms in total. The molecule has 0 atom stereocenters. The smallest absolute Gasteiger partial charge is 0.257 e. The van der Waals surface area contributed by atoms with Crippen molar-refractivity contribution in [1.29, 1.82) is 0 Å². The summed E-state index contributed by atoms with van der Waals surface area (Å²) in [7, 11) is 0. The van der Waals surface area contributed by atoms with Crippen molar-refractivity contribution in [3.63, 3.8) is 0 Å². The van der Waals surface area contributed by atoms with Gasteiger partial charge in [-0.3, -0.25) is 9.69 Å². The number of aryl methyl sites for hydroxylation is 1. The highest BCUT2D eigenvalue weighted by molar-refractivity contribution is 7.13. The molecule has 1 N–H and O–H groups in total. The molecule has 27 heavy (non-hydrogen) atoms. The molecule has 8 heteroatoms. The molecule has 2 heterocycles. The summed E-state index contributed by atoms with van der Waals surface area (Å²) in [6.45, 7) is 4.97. The zero-order valence-electron chi connectivity index (χ0n) is 15.2. The average Bonchev–Trinajstić information content (AvgIpc) is 3.29. The SMILES string of the molecule is CCCN(CC(=O)Nc1ccc(C)cc1F)Cc1nnc(-c2cccs2)o1. The monoisotopic (exact) mass is 388 g/mol. The van der Waals surface area contributed by atoms with Gasteiger partial charge in [0.15, 0.2) is 0 Å². The van der Waals surface area contributed by atoms with E-state index in [1.54, 1.807) is 19.1 Å². The molecule has 142 valence electrons. The molecule has 0 radical (unpaired) electrons. The maximum Gasteiger partial charge on any atom is 0.257 e. The molecule has 0 saturated carbocycles. The Balaban J connectivity index is 1.62. The second-order valence-electron chi connectivity index (χ2n) is 6.22. The van der Waals surface area contributed by atoms with E-state index in [4.69, 9.17) is 4.42 Å². The van der Waals surface area contributed by atoms with Gasteiger partial charge in [-0.2, -0.15) is 0 Å². The lowest BCUT2D eigenvalue weighted by Crippen LogP contribution is -2.33. The minimum absolute atomic E-state index is 0.109. The Morgan fingerprint density at radius 1 is 1.33 bits per heavy atom. The summed E-state index contributed by atoms with van der Waals surface area (Å²) < 4.78 is 19.6. The Morgan fingerprint density at radius 2 is 2.19 bits per heavy atom. The van der Waals surface area contributed by atoms with Crippen LogP contribution in [0, 0.1) is 12.7 Å². The van der Waals surface area contributed by atoms with Gasteiger partial charge in [-0.1, -0.05) is 19.1 Å². The van der Waals surface area contributed by atoms with Crippen molar-refractivity contribution in [2.45, 2.75) is 26.8 Å². The third-order valence-electron chi connectivity index (χ3n) is 3.86. The Kier molecular flexibility index (Phi) is 6.31. The Labute approximate surface area is 161 Å². The third kappa shape index (κ3) is 5.21. The summed E-state index contributed by atoms with van der Waals surface area (Å²) >= 11 is 1.52. The molecule has 0 bridgehead atoms. The number of anilines is 1. The minimum Gasteiger partial charge on any atom is -0.419 e. The number of carbonyl (C=O) groups excluding carboxylic acids is 1. The quantitative estimate of drug-likeness (QED) is 0.629. The van der Waals surface area contributed by atoms with Crippen LogP contribution in [-0.2, 0) is 11.3 Å². The number of thiophene rings is 1. The molecule has 0 aliphatic carbocycles. The van der Waals surface area contributed by atoms with Gasteiger partial charge in [-0.15, -0.1) is 21.5 Å². The molecule has 0 aliphatic heterocycles. The zero-order chi connectivity index (χ0) is 19.2. The van der Waals surface area contributed by atoms with Gasteiger partial charge < -0.3 is 9.73 Å². The number of aromatic nitrogens is 2. The van der Waals surface area contributed by atoms with Crippen molar-refractivity contribution in [2.75, 3.05) is 18.4 Å². The fourth-order valence-electron chi connectivity index (χ4n) is 2.65. The van der Waals surface area contributed by atoms with Crippen LogP contribution >= 0.6 is 11.3 Å². The summed E-state index contributed by atoms with van der Waals surface area (Å²) in [4.78, 5) is 15.1. The van der Waals surface area contributed by atoms with Gasteiger partial charge in [-0.25, -0.2) is 4.39 Å². The lowest BCUT2D eigenvalue weighted by atomic mass is 10.2. The van der Waals surface area contributed by atoms with E-state index < -0.39 is 5.82 Å². The van der Waals surface area contributed by atoms with Crippen LogP contribution in [0.1, 0.15) is 24.8 Å². The van der Waals surface area contributed by atoms with E-state index in [-0.39, 0.29) is 18.1 Å². The number of halogens is 1. The zero-order valence-corrected chi connectivity index (χ0v) is 16.1. The number of amides is 1. The van der Waals surface area contributed by atoms with E-state index in [2.05, 4.69) is 15.5 Å². The lowest BCUT2D eigenvalue weighted by molar-refractivity contribution is -0.117. The van der Waals surface area contributed by atoms with Gasteiger partial charge in [-0.05, 0) is 49.0 Å². The van der Waals surface area contributed by atoms with Crippen LogP contribution in [0.25, 0.3) is 10.8 Å². The third-order valence-corrected chi connectivity index (χ3v) is 4.72. The van der Waals surface area contributed by atoms with Crippen molar-refractivity contribution in [3.05, 3.63) is 53.0 Å². The van der Waals surface area contributed by atoms with Crippen molar-refractivity contribution in [3.8, 4) is 10.8 Å². The summed E-state index contributed by atoms with van der Waals surface area (Å²) in [5.74, 6) is 0.191. The van der Waals surface area contributed by atoms with Gasteiger partial charge in [0, 0.05) is 0 Å². The molecule has 0 saturated heterocycles. The predicted molar refractivity (Wildman–Crippen MR) is 103 cm³/mol. The fourth-order valence-corrected chi connectivity index (χ4v) is 3.30. The van der Waals surface area contributed by atoms with Crippen molar-refractivity contribution < 1.29 is 13.6 Å². The molecule has 0 unspecified atom stereocenters. The van der Waals surface area contributed by atoms with E-state index >= 15 is 0 Å². The first-order chi connectivity index (χ1) is 13.0. The Hall–Kier alpha value is -2.58. The van der Waals surface area contributed by atoms with E-state index in [1.165, 1.54) is 17.4 Å². The first-order valence-electron chi connectivity index (χ1n) is 8.69. The van der Waals surface area contributed by atoms with Crippen LogP contribution < -0.4 is 5.32 Å². The van der Waals surface area contributed by atoms with Crippen LogP contribution in [0.4, 0.5) is 10.1 Å². The molecule has 0 fully saturated rings. The highest BCUT2D eigenvalue weighted by atomic mass is 32.1. The predicted octanol–water partition coefficient (Wildman–Crippen LogP) is 4.10. The van der Waals surface area contributed by atoms with Crippen LogP contribution in [-0.4, -0.2) is 34.1 Å². The van der Waals surface area contributed by atoms with Gasteiger partial charge in [0.25, 0.3) is 5.89 Å². The molecular formula is C19H21FN4O2S. The minimum atomic E-state index is -0.442. The Bertz CT molecular complexity index is 895. The van der Waals surface area contributed by atoms with Gasteiger partial charge >= 0.3 is 0 Å². The number of rotatable bonds is 8.